The van der Waals surface area contributed by atoms with E-state index in [4.69, 9.17) is 5.73 Å². The lowest BCUT2D eigenvalue weighted by Gasteiger charge is -1.97. The first-order chi connectivity index (χ1) is 9.84. The zero-order valence-electron chi connectivity index (χ0n) is 10.3. The van der Waals surface area contributed by atoms with Crippen LogP contribution < -0.4 is 5.73 Å². The number of H-pyrrole nitrogens is 1. The molecule has 0 atom stereocenters. The number of aromatic nitrogens is 5. The molecule has 0 spiro atoms. The van der Waals surface area contributed by atoms with E-state index in [2.05, 4.69) is 20.3 Å². The van der Waals surface area contributed by atoms with Crippen molar-refractivity contribution in [2.45, 2.75) is 0 Å². The van der Waals surface area contributed by atoms with Gasteiger partial charge in [-0.05, 0) is 0 Å². The Labute approximate surface area is 117 Å². The summed E-state index contributed by atoms with van der Waals surface area (Å²) in [7, 11) is 0. The maximum Gasteiger partial charge on any atom is 0.212 e. The van der Waals surface area contributed by atoms with Gasteiger partial charge in [-0.1, -0.05) is 30.3 Å². The van der Waals surface area contributed by atoms with E-state index in [0.717, 1.165) is 21.8 Å². The Hall–Kier alpha value is -2.67. The van der Waals surface area contributed by atoms with E-state index >= 15 is 0 Å². The summed E-state index contributed by atoms with van der Waals surface area (Å²) in [6, 6.07) is 9.91. The summed E-state index contributed by atoms with van der Waals surface area (Å²) in [4.78, 5) is 4.28. The second-order valence-electron chi connectivity index (χ2n) is 4.28. The number of hydrogen-bond donors (Lipinski definition) is 2. The number of benzene rings is 1. The summed E-state index contributed by atoms with van der Waals surface area (Å²) < 4.78 is 1.72. The van der Waals surface area contributed by atoms with Crippen LogP contribution in [0.1, 0.15) is 0 Å². The van der Waals surface area contributed by atoms with Crippen LogP contribution in [0.3, 0.4) is 0 Å². The molecule has 6 nitrogen and oxygen atoms in total. The van der Waals surface area contributed by atoms with E-state index in [1.807, 2.05) is 35.7 Å². The molecular weight excluding hydrogens is 272 g/mol. The quantitative estimate of drug-likeness (QED) is 0.591. The van der Waals surface area contributed by atoms with Gasteiger partial charge in [-0.25, -0.2) is 4.98 Å². The Kier molecular flexibility index (Phi) is 2.33. The second-order valence-corrected chi connectivity index (χ2v) is 5.15. The van der Waals surface area contributed by atoms with Crippen LogP contribution >= 0.6 is 11.3 Å². The molecule has 0 saturated carbocycles. The molecule has 0 aliphatic rings. The molecule has 7 heteroatoms. The average molecular weight is 282 g/mol. The number of thiazole rings is 1. The summed E-state index contributed by atoms with van der Waals surface area (Å²) in [5, 5.41) is 15.2. The van der Waals surface area contributed by atoms with Crippen molar-refractivity contribution in [2.24, 2.45) is 0 Å². The van der Waals surface area contributed by atoms with Gasteiger partial charge in [-0.15, -0.1) is 11.3 Å². The normalized spacial score (nSPS) is 11.2. The molecule has 20 heavy (non-hydrogen) atoms. The van der Waals surface area contributed by atoms with E-state index in [1.54, 1.807) is 10.9 Å². The third kappa shape index (κ3) is 1.53. The van der Waals surface area contributed by atoms with Crippen molar-refractivity contribution in [1.82, 2.24) is 25.0 Å². The zero-order chi connectivity index (χ0) is 13.5. The highest BCUT2D eigenvalue weighted by Gasteiger charge is 2.19. The topological polar surface area (TPSA) is 85.4 Å². The van der Waals surface area contributed by atoms with Crippen molar-refractivity contribution in [3.63, 3.8) is 0 Å². The van der Waals surface area contributed by atoms with Gasteiger partial charge in [0.1, 0.15) is 11.5 Å². The number of aromatic amines is 1. The molecule has 0 unspecified atom stereocenters. The standard InChI is InChI=1S/C13H10N6S/c14-11-9-10(8-4-2-1-3-5-8)18-19(12(9)17-16-11)13-15-6-7-20-13/h1-7H,(H3,14,16,17). The number of fused-ring (bicyclic) bond motifs is 1. The minimum Gasteiger partial charge on any atom is -0.383 e. The van der Waals surface area contributed by atoms with Crippen LogP contribution in [0.5, 0.6) is 0 Å². The molecule has 0 amide bonds. The van der Waals surface area contributed by atoms with Crippen molar-refractivity contribution in [3.05, 3.63) is 41.9 Å². The van der Waals surface area contributed by atoms with Crippen molar-refractivity contribution < 1.29 is 0 Å². The zero-order valence-corrected chi connectivity index (χ0v) is 11.1. The molecule has 4 aromatic rings. The fraction of sp³-hybridized carbons (Fsp3) is 0. The highest BCUT2D eigenvalue weighted by molar-refractivity contribution is 7.12. The molecule has 98 valence electrons. The summed E-state index contributed by atoms with van der Waals surface area (Å²) in [5.74, 6) is 0.515. The van der Waals surface area contributed by atoms with E-state index in [9.17, 15) is 0 Å². The van der Waals surface area contributed by atoms with Crippen molar-refractivity contribution in [1.29, 1.82) is 0 Å². The first kappa shape index (κ1) is 11.2. The molecule has 3 N–H and O–H groups in total. The molecule has 0 aliphatic carbocycles. The first-order valence-corrected chi connectivity index (χ1v) is 6.90. The van der Waals surface area contributed by atoms with Crippen LogP contribution in [-0.2, 0) is 0 Å². The second kappa shape index (κ2) is 4.17. The van der Waals surface area contributed by atoms with Crippen LogP contribution in [-0.4, -0.2) is 25.0 Å². The predicted octanol–water partition coefficient (Wildman–Crippen LogP) is 2.45. The molecule has 1 aromatic carbocycles. The summed E-state index contributed by atoms with van der Waals surface area (Å²) in [5.41, 5.74) is 8.49. The number of nitrogens with one attached hydrogen (secondary N) is 1. The highest BCUT2D eigenvalue weighted by Crippen LogP contribution is 2.32. The molecule has 3 heterocycles. The maximum atomic E-state index is 5.99. The van der Waals surface area contributed by atoms with E-state index in [-0.39, 0.29) is 0 Å². The van der Waals surface area contributed by atoms with Crippen molar-refractivity contribution in [2.75, 3.05) is 5.73 Å². The fourth-order valence-corrected chi connectivity index (χ4v) is 2.77. The largest absolute Gasteiger partial charge is 0.383 e. The van der Waals surface area contributed by atoms with Gasteiger partial charge >= 0.3 is 0 Å². The van der Waals surface area contributed by atoms with Crippen LogP contribution in [0.2, 0.25) is 0 Å². The maximum absolute atomic E-state index is 5.99. The van der Waals surface area contributed by atoms with Crippen molar-refractivity contribution in [3.8, 4) is 16.4 Å². The van der Waals surface area contributed by atoms with Crippen molar-refractivity contribution >= 4 is 28.2 Å². The number of nitrogens with zero attached hydrogens (tertiary/aromatic N) is 4. The Morgan fingerprint density at radius 1 is 1.20 bits per heavy atom. The molecule has 0 fully saturated rings. The number of nitrogen functional groups attached to an aromatic ring is 1. The van der Waals surface area contributed by atoms with Gasteiger partial charge in [0.15, 0.2) is 5.65 Å². The monoisotopic (exact) mass is 282 g/mol. The van der Waals surface area contributed by atoms with Crippen LogP contribution in [0.15, 0.2) is 41.9 Å². The smallest absolute Gasteiger partial charge is 0.212 e. The summed E-state index contributed by atoms with van der Waals surface area (Å²) >= 11 is 1.50. The molecular formula is C13H10N6S. The summed E-state index contributed by atoms with van der Waals surface area (Å²) in [6.07, 6.45) is 1.74. The third-order valence-corrected chi connectivity index (χ3v) is 3.81. The minimum atomic E-state index is 0.515. The number of hydrogen-bond acceptors (Lipinski definition) is 5. The fourth-order valence-electron chi connectivity index (χ4n) is 2.18. The van der Waals surface area contributed by atoms with Gasteiger partial charge in [0.05, 0.1) is 5.39 Å². The Balaban J connectivity index is 2.05. The Morgan fingerprint density at radius 3 is 2.80 bits per heavy atom. The molecule has 4 rings (SSSR count). The molecule has 0 aliphatic heterocycles. The average Bonchev–Trinajstić information content (AvgIpc) is 3.18. The third-order valence-electron chi connectivity index (χ3n) is 3.06. The van der Waals surface area contributed by atoms with Gasteiger partial charge < -0.3 is 5.73 Å². The molecule has 0 bridgehead atoms. The molecule has 0 saturated heterocycles. The van der Waals surface area contributed by atoms with Gasteiger partial charge in [0.2, 0.25) is 5.13 Å². The number of rotatable bonds is 2. The highest BCUT2D eigenvalue weighted by atomic mass is 32.1. The first-order valence-electron chi connectivity index (χ1n) is 6.02. The number of nitrogens with two attached hydrogens (primary N) is 1. The predicted molar refractivity (Wildman–Crippen MR) is 78.7 cm³/mol. The minimum absolute atomic E-state index is 0.515. The molecule has 0 radical (unpaired) electrons. The van der Waals surface area contributed by atoms with Crippen LogP contribution in [0, 0.1) is 0 Å². The van der Waals surface area contributed by atoms with Crippen LogP contribution in [0.25, 0.3) is 27.4 Å². The van der Waals surface area contributed by atoms with E-state index in [0.29, 0.717) is 11.5 Å². The van der Waals surface area contributed by atoms with Gasteiger partial charge in [0, 0.05) is 17.1 Å². The number of anilines is 1. The lowest BCUT2D eigenvalue weighted by Crippen LogP contribution is -1.96. The van der Waals surface area contributed by atoms with Gasteiger partial charge in [0.25, 0.3) is 0 Å². The van der Waals surface area contributed by atoms with E-state index < -0.39 is 0 Å². The molecule has 3 aromatic heterocycles. The Morgan fingerprint density at radius 2 is 2.05 bits per heavy atom. The Bertz CT molecular complexity index is 859. The lowest BCUT2D eigenvalue weighted by atomic mass is 10.1. The van der Waals surface area contributed by atoms with Gasteiger partial charge in [-0.2, -0.15) is 14.9 Å². The lowest BCUT2D eigenvalue weighted by molar-refractivity contribution is 0.877. The van der Waals surface area contributed by atoms with Gasteiger partial charge in [-0.3, -0.25) is 5.10 Å². The summed E-state index contributed by atoms with van der Waals surface area (Å²) in [6.45, 7) is 0. The van der Waals surface area contributed by atoms with Crippen LogP contribution in [0.4, 0.5) is 5.82 Å². The SMILES string of the molecule is Nc1[nH]nc2c1c(-c1ccccc1)nn2-c1nccs1. The van der Waals surface area contributed by atoms with E-state index in [1.165, 1.54) is 11.3 Å².